The molecule has 0 aliphatic heterocycles. The molecule has 1 N–H and O–H groups in total. The summed E-state index contributed by atoms with van der Waals surface area (Å²) in [4.78, 5) is 14.8. The Hall–Kier alpha value is -2.42. The molecule has 0 amide bonds. The molecule has 0 fully saturated rings. The number of ether oxygens (including phenoxy) is 1. The molecule has 0 aliphatic rings. The summed E-state index contributed by atoms with van der Waals surface area (Å²) >= 11 is 0. The summed E-state index contributed by atoms with van der Waals surface area (Å²) in [5, 5.41) is 24.0. The molecule has 114 valence electrons. The molecule has 0 saturated carbocycles. The molecule has 0 saturated heterocycles. The van der Waals surface area contributed by atoms with E-state index in [1.165, 1.54) is 4.68 Å². The Bertz CT molecular complexity index is 661. The van der Waals surface area contributed by atoms with E-state index >= 15 is 0 Å². The van der Waals surface area contributed by atoms with Gasteiger partial charge in [0.15, 0.2) is 5.89 Å². The van der Waals surface area contributed by atoms with Gasteiger partial charge in [-0.3, -0.25) is 10.1 Å². The van der Waals surface area contributed by atoms with Crippen molar-refractivity contribution in [2.24, 2.45) is 0 Å². The van der Waals surface area contributed by atoms with Gasteiger partial charge in [0.1, 0.15) is 11.4 Å². The molecule has 0 aromatic carbocycles. The van der Waals surface area contributed by atoms with Crippen LogP contribution in [-0.4, -0.2) is 38.0 Å². The summed E-state index contributed by atoms with van der Waals surface area (Å²) in [6.07, 6.45) is 0.365. The van der Waals surface area contributed by atoms with E-state index in [0.29, 0.717) is 29.6 Å². The van der Waals surface area contributed by atoms with Crippen molar-refractivity contribution in [3.63, 3.8) is 0 Å². The van der Waals surface area contributed by atoms with Crippen molar-refractivity contribution < 1.29 is 19.2 Å². The molecule has 2 rings (SSSR count). The standard InChI is InChI=1S/C12H16N4O5/c1-7-12(21-9(3)13-7)15-8(2)10(16(18)19)11(14-15)20-6-4-5-17/h17H,4-6H2,1-3H3. The number of nitro groups is 1. The Morgan fingerprint density at radius 1 is 1.43 bits per heavy atom. The molecule has 2 heterocycles. The molecule has 0 aliphatic carbocycles. The summed E-state index contributed by atoms with van der Waals surface area (Å²) < 4.78 is 12.0. The van der Waals surface area contributed by atoms with E-state index in [-0.39, 0.29) is 24.8 Å². The quantitative estimate of drug-likeness (QED) is 0.487. The number of oxazole rings is 1. The van der Waals surface area contributed by atoms with Crippen LogP contribution in [0.2, 0.25) is 0 Å². The van der Waals surface area contributed by atoms with Gasteiger partial charge in [0.05, 0.1) is 11.5 Å². The number of aryl methyl sites for hydroxylation is 2. The molecule has 0 spiro atoms. The predicted molar refractivity (Wildman–Crippen MR) is 71.7 cm³/mol. The van der Waals surface area contributed by atoms with Crippen molar-refractivity contribution in [3.05, 3.63) is 27.4 Å². The Balaban J connectivity index is 2.45. The fraction of sp³-hybridized carbons (Fsp3) is 0.500. The third kappa shape index (κ3) is 2.87. The highest BCUT2D eigenvalue weighted by Gasteiger charge is 2.29. The molecule has 0 unspecified atom stereocenters. The molecule has 0 bridgehead atoms. The van der Waals surface area contributed by atoms with Crippen molar-refractivity contribution in [1.29, 1.82) is 0 Å². The van der Waals surface area contributed by atoms with Gasteiger partial charge in [-0.15, -0.1) is 5.10 Å². The van der Waals surface area contributed by atoms with Crippen molar-refractivity contribution in [2.45, 2.75) is 27.2 Å². The number of rotatable bonds is 6. The normalized spacial score (nSPS) is 10.9. The third-order valence-electron chi connectivity index (χ3n) is 2.85. The van der Waals surface area contributed by atoms with Gasteiger partial charge in [-0.05, 0) is 13.8 Å². The van der Waals surface area contributed by atoms with Crippen LogP contribution < -0.4 is 4.74 Å². The molecule has 21 heavy (non-hydrogen) atoms. The third-order valence-corrected chi connectivity index (χ3v) is 2.85. The van der Waals surface area contributed by atoms with Gasteiger partial charge < -0.3 is 14.3 Å². The van der Waals surface area contributed by atoms with Gasteiger partial charge in [-0.2, -0.15) is 4.68 Å². The maximum atomic E-state index is 11.2. The second kappa shape index (κ2) is 5.92. The van der Waals surface area contributed by atoms with E-state index in [4.69, 9.17) is 14.3 Å². The lowest BCUT2D eigenvalue weighted by Crippen LogP contribution is -2.02. The lowest BCUT2D eigenvalue weighted by molar-refractivity contribution is -0.386. The smallest absolute Gasteiger partial charge is 0.353 e. The highest BCUT2D eigenvalue weighted by Crippen LogP contribution is 2.32. The largest absolute Gasteiger partial charge is 0.472 e. The zero-order valence-corrected chi connectivity index (χ0v) is 12.0. The van der Waals surface area contributed by atoms with E-state index in [2.05, 4.69) is 10.1 Å². The van der Waals surface area contributed by atoms with Crippen LogP contribution in [-0.2, 0) is 0 Å². The van der Waals surface area contributed by atoms with Crippen LogP contribution in [0.4, 0.5) is 5.69 Å². The number of hydrogen-bond donors (Lipinski definition) is 1. The van der Waals surface area contributed by atoms with E-state index in [1.807, 2.05) is 0 Å². The van der Waals surface area contributed by atoms with Crippen LogP contribution in [0.25, 0.3) is 5.88 Å². The van der Waals surface area contributed by atoms with E-state index in [1.54, 1.807) is 20.8 Å². The first kappa shape index (κ1) is 15.0. The zero-order chi connectivity index (χ0) is 15.6. The number of aliphatic hydroxyl groups is 1. The molecule has 9 nitrogen and oxygen atoms in total. The summed E-state index contributed by atoms with van der Waals surface area (Å²) in [6.45, 7) is 5.05. The zero-order valence-electron chi connectivity index (χ0n) is 12.0. The van der Waals surface area contributed by atoms with Gasteiger partial charge >= 0.3 is 11.6 Å². The highest BCUT2D eigenvalue weighted by molar-refractivity contribution is 5.48. The molecule has 0 radical (unpaired) electrons. The van der Waals surface area contributed by atoms with Crippen LogP contribution >= 0.6 is 0 Å². The Kier molecular flexibility index (Phi) is 4.22. The van der Waals surface area contributed by atoms with E-state index < -0.39 is 4.92 Å². The monoisotopic (exact) mass is 296 g/mol. The number of nitrogens with zero attached hydrogens (tertiary/aromatic N) is 4. The van der Waals surface area contributed by atoms with Gasteiger partial charge in [0.25, 0.3) is 0 Å². The van der Waals surface area contributed by atoms with Crippen molar-refractivity contribution in [2.75, 3.05) is 13.2 Å². The highest BCUT2D eigenvalue weighted by atomic mass is 16.6. The molecular weight excluding hydrogens is 280 g/mol. The van der Waals surface area contributed by atoms with Crippen LogP contribution in [0.1, 0.15) is 23.7 Å². The molecule has 2 aromatic rings. The lowest BCUT2D eigenvalue weighted by atomic mass is 10.4. The van der Waals surface area contributed by atoms with Gasteiger partial charge in [-0.1, -0.05) is 0 Å². The Morgan fingerprint density at radius 3 is 2.67 bits per heavy atom. The van der Waals surface area contributed by atoms with E-state index in [9.17, 15) is 10.1 Å². The Morgan fingerprint density at radius 2 is 2.14 bits per heavy atom. The number of aliphatic hydroxyl groups excluding tert-OH is 1. The first-order valence-corrected chi connectivity index (χ1v) is 6.37. The fourth-order valence-corrected chi connectivity index (χ4v) is 1.92. The Labute approximate surface area is 120 Å². The maximum Gasteiger partial charge on any atom is 0.353 e. The molecule has 2 aromatic heterocycles. The topological polar surface area (TPSA) is 116 Å². The van der Waals surface area contributed by atoms with Crippen molar-refractivity contribution in [1.82, 2.24) is 14.8 Å². The molecular formula is C12H16N4O5. The van der Waals surface area contributed by atoms with Crippen LogP contribution in [0, 0.1) is 30.9 Å². The second-order valence-corrected chi connectivity index (χ2v) is 4.46. The summed E-state index contributed by atoms with van der Waals surface area (Å²) in [5.74, 6) is 0.673. The van der Waals surface area contributed by atoms with Gasteiger partial charge in [-0.25, -0.2) is 4.98 Å². The van der Waals surface area contributed by atoms with Crippen molar-refractivity contribution >= 4 is 5.69 Å². The maximum absolute atomic E-state index is 11.2. The fourth-order valence-electron chi connectivity index (χ4n) is 1.92. The van der Waals surface area contributed by atoms with E-state index in [0.717, 1.165) is 0 Å². The predicted octanol–water partition coefficient (Wildman–Crippen LogP) is 1.45. The molecule has 0 atom stereocenters. The summed E-state index contributed by atoms with van der Waals surface area (Å²) in [7, 11) is 0. The average Bonchev–Trinajstić information content (AvgIpc) is 2.89. The SMILES string of the molecule is Cc1nc(C)c(-n2nc(OCCCO)c([N+](=O)[O-])c2C)o1. The summed E-state index contributed by atoms with van der Waals surface area (Å²) in [6, 6.07) is 0. The minimum atomic E-state index is -0.550. The first-order valence-electron chi connectivity index (χ1n) is 6.37. The molecule has 9 heteroatoms. The number of hydrogen-bond acceptors (Lipinski definition) is 7. The van der Waals surface area contributed by atoms with Crippen LogP contribution in [0.15, 0.2) is 4.42 Å². The lowest BCUT2D eigenvalue weighted by Gasteiger charge is -1.99. The van der Waals surface area contributed by atoms with Gasteiger partial charge in [0, 0.05) is 20.0 Å². The minimum Gasteiger partial charge on any atom is -0.472 e. The van der Waals surface area contributed by atoms with Crippen molar-refractivity contribution in [3.8, 4) is 11.8 Å². The minimum absolute atomic E-state index is 0.0616. The summed E-state index contributed by atoms with van der Waals surface area (Å²) in [5.41, 5.74) is 0.648. The second-order valence-electron chi connectivity index (χ2n) is 4.46. The van der Waals surface area contributed by atoms with Crippen LogP contribution in [0.5, 0.6) is 5.88 Å². The first-order chi connectivity index (χ1) is 9.95. The van der Waals surface area contributed by atoms with Crippen LogP contribution in [0.3, 0.4) is 0 Å². The number of aromatic nitrogens is 3. The average molecular weight is 296 g/mol. The van der Waals surface area contributed by atoms with Gasteiger partial charge in [0.2, 0.25) is 5.88 Å².